The van der Waals surface area contributed by atoms with Crippen LogP contribution in [0.15, 0.2) is 0 Å². The summed E-state index contributed by atoms with van der Waals surface area (Å²) >= 11 is 0. The van der Waals surface area contributed by atoms with Gasteiger partial charge in [-0.15, -0.1) is 0 Å². The van der Waals surface area contributed by atoms with Gasteiger partial charge in [-0.1, -0.05) is 0 Å². The fourth-order valence-corrected chi connectivity index (χ4v) is 2.21. The van der Waals surface area contributed by atoms with E-state index in [1.54, 1.807) is 0 Å². The van der Waals surface area contributed by atoms with Gasteiger partial charge < -0.3 is 14.9 Å². The third-order valence-corrected chi connectivity index (χ3v) is 3.12. The Morgan fingerprint density at radius 1 is 1.18 bits per heavy atom. The van der Waals surface area contributed by atoms with Crippen molar-refractivity contribution in [3.05, 3.63) is 0 Å². The molecule has 0 radical (unpaired) electrons. The largest absolute Gasteiger partial charge is 0.480 e. The molecule has 1 aliphatic heterocycles. The van der Waals surface area contributed by atoms with Gasteiger partial charge in [0.15, 0.2) is 0 Å². The summed E-state index contributed by atoms with van der Waals surface area (Å²) in [6, 6.07) is 0. The van der Waals surface area contributed by atoms with Crippen LogP contribution < -0.4 is 0 Å². The van der Waals surface area contributed by atoms with E-state index in [0.29, 0.717) is 0 Å². The second-order valence-corrected chi connectivity index (χ2v) is 5.02. The van der Waals surface area contributed by atoms with Gasteiger partial charge in [-0.05, 0) is 46.6 Å². The first kappa shape index (κ1) is 14.4. The van der Waals surface area contributed by atoms with Crippen molar-refractivity contribution < 1.29 is 9.90 Å². The van der Waals surface area contributed by atoms with Crippen LogP contribution in [0.2, 0.25) is 0 Å². The molecular formula is C12H25N3O2. The molecule has 0 aromatic heterocycles. The number of carboxylic acid groups (broad SMARTS) is 1. The van der Waals surface area contributed by atoms with Crippen molar-refractivity contribution in [1.29, 1.82) is 0 Å². The number of carboxylic acids is 1. The second-order valence-electron chi connectivity index (χ2n) is 5.02. The van der Waals surface area contributed by atoms with Gasteiger partial charge in [0, 0.05) is 19.6 Å². The number of hydrogen-bond acceptors (Lipinski definition) is 4. The first-order valence-electron chi connectivity index (χ1n) is 6.39. The van der Waals surface area contributed by atoms with Gasteiger partial charge in [0.25, 0.3) is 0 Å². The first-order chi connectivity index (χ1) is 8.08. The molecule has 1 heterocycles. The van der Waals surface area contributed by atoms with Gasteiger partial charge >= 0.3 is 5.97 Å². The van der Waals surface area contributed by atoms with E-state index in [1.165, 1.54) is 6.42 Å². The van der Waals surface area contributed by atoms with E-state index >= 15 is 0 Å². The lowest BCUT2D eigenvalue weighted by Gasteiger charge is -2.21. The van der Waals surface area contributed by atoms with Crippen LogP contribution in [0.4, 0.5) is 0 Å². The highest BCUT2D eigenvalue weighted by Gasteiger charge is 2.16. The predicted molar refractivity (Wildman–Crippen MR) is 68.3 cm³/mol. The van der Waals surface area contributed by atoms with Gasteiger partial charge in [-0.3, -0.25) is 9.69 Å². The van der Waals surface area contributed by atoms with Crippen LogP contribution in [0, 0.1) is 0 Å². The quantitative estimate of drug-likeness (QED) is 0.713. The van der Waals surface area contributed by atoms with Crippen molar-refractivity contribution in [3.63, 3.8) is 0 Å². The average Bonchev–Trinajstić information content (AvgIpc) is 2.43. The number of aliphatic carboxylic acids is 1. The van der Waals surface area contributed by atoms with Crippen molar-refractivity contribution in [2.75, 3.05) is 59.9 Å². The Kier molecular flexibility index (Phi) is 6.47. The van der Waals surface area contributed by atoms with Crippen molar-refractivity contribution in [2.45, 2.75) is 12.8 Å². The lowest BCUT2D eigenvalue weighted by atomic mass is 10.3. The van der Waals surface area contributed by atoms with Crippen LogP contribution in [0.1, 0.15) is 12.8 Å². The zero-order valence-corrected chi connectivity index (χ0v) is 11.1. The van der Waals surface area contributed by atoms with Gasteiger partial charge in [-0.2, -0.15) is 0 Å². The van der Waals surface area contributed by atoms with E-state index < -0.39 is 5.97 Å². The first-order valence-corrected chi connectivity index (χ1v) is 6.39. The van der Waals surface area contributed by atoms with E-state index in [2.05, 4.69) is 23.9 Å². The molecule has 1 fully saturated rings. The molecule has 0 aromatic rings. The molecule has 1 N–H and O–H groups in total. The molecule has 5 nitrogen and oxygen atoms in total. The van der Waals surface area contributed by atoms with Crippen LogP contribution in [0.25, 0.3) is 0 Å². The second kappa shape index (κ2) is 7.63. The van der Waals surface area contributed by atoms with Crippen LogP contribution in [0.5, 0.6) is 0 Å². The molecule has 1 aliphatic rings. The minimum atomic E-state index is -0.717. The summed E-state index contributed by atoms with van der Waals surface area (Å²) in [5.41, 5.74) is 0. The predicted octanol–water partition coefficient (Wildman–Crippen LogP) is 0.0304. The Morgan fingerprint density at radius 2 is 1.82 bits per heavy atom. The SMILES string of the molecule is CN(C)CCCN1CCCN(CC(=O)O)CC1. The molecule has 0 aliphatic carbocycles. The molecule has 1 saturated heterocycles. The number of hydrogen-bond donors (Lipinski definition) is 1. The Balaban J connectivity index is 2.20. The van der Waals surface area contributed by atoms with Crippen LogP contribution in [-0.4, -0.2) is 85.7 Å². The van der Waals surface area contributed by atoms with Crippen molar-refractivity contribution in [2.24, 2.45) is 0 Å². The topological polar surface area (TPSA) is 47.0 Å². The minimum Gasteiger partial charge on any atom is -0.480 e. The number of rotatable bonds is 6. The molecule has 100 valence electrons. The van der Waals surface area contributed by atoms with Gasteiger partial charge in [-0.25, -0.2) is 0 Å². The normalized spacial score (nSPS) is 19.5. The molecule has 0 saturated carbocycles. The molecule has 0 aromatic carbocycles. The highest BCUT2D eigenvalue weighted by atomic mass is 16.4. The molecule has 0 unspecified atom stereocenters. The van der Waals surface area contributed by atoms with Crippen LogP contribution in [0.3, 0.4) is 0 Å². The summed E-state index contributed by atoms with van der Waals surface area (Å²) in [4.78, 5) is 17.3. The summed E-state index contributed by atoms with van der Waals surface area (Å²) in [5, 5.41) is 8.77. The monoisotopic (exact) mass is 243 g/mol. The lowest BCUT2D eigenvalue weighted by molar-refractivity contribution is -0.138. The maximum atomic E-state index is 10.6. The Labute approximate surface area is 104 Å². The summed E-state index contributed by atoms with van der Waals surface area (Å²) in [6.45, 7) is 6.33. The molecular weight excluding hydrogens is 218 g/mol. The molecule has 17 heavy (non-hydrogen) atoms. The average molecular weight is 243 g/mol. The standard InChI is InChI=1S/C12H25N3O2/c1-13(2)5-3-6-14-7-4-8-15(10-9-14)11-12(16)17/h3-11H2,1-2H3,(H,16,17). The zero-order chi connectivity index (χ0) is 12.7. The van der Waals surface area contributed by atoms with E-state index in [4.69, 9.17) is 5.11 Å². The highest BCUT2D eigenvalue weighted by Crippen LogP contribution is 2.03. The van der Waals surface area contributed by atoms with E-state index in [-0.39, 0.29) is 6.54 Å². The molecule has 5 heteroatoms. The maximum absolute atomic E-state index is 10.6. The third kappa shape index (κ3) is 6.61. The fourth-order valence-electron chi connectivity index (χ4n) is 2.21. The lowest BCUT2D eigenvalue weighted by Crippen LogP contribution is -2.34. The Hall–Kier alpha value is -0.650. The van der Waals surface area contributed by atoms with Gasteiger partial charge in [0.05, 0.1) is 6.54 Å². The minimum absolute atomic E-state index is 0.186. The summed E-state index contributed by atoms with van der Waals surface area (Å²) in [5.74, 6) is -0.717. The molecule has 0 amide bonds. The highest BCUT2D eigenvalue weighted by molar-refractivity contribution is 5.69. The van der Waals surface area contributed by atoms with Crippen molar-refractivity contribution in [3.8, 4) is 0 Å². The zero-order valence-electron chi connectivity index (χ0n) is 11.1. The van der Waals surface area contributed by atoms with Crippen LogP contribution >= 0.6 is 0 Å². The van der Waals surface area contributed by atoms with Crippen molar-refractivity contribution in [1.82, 2.24) is 14.7 Å². The number of nitrogens with zero attached hydrogens (tertiary/aromatic N) is 3. The summed E-state index contributed by atoms with van der Waals surface area (Å²) < 4.78 is 0. The fraction of sp³-hybridized carbons (Fsp3) is 0.917. The smallest absolute Gasteiger partial charge is 0.317 e. The van der Waals surface area contributed by atoms with E-state index in [1.807, 2.05) is 4.90 Å². The molecule has 0 atom stereocenters. The molecule has 0 spiro atoms. The maximum Gasteiger partial charge on any atom is 0.317 e. The number of carbonyl (C=O) groups is 1. The van der Waals surface area contributed by atoms with Crippen molar-refractivity contribution >= 4 is 5.97 Å². The van der Waals surface area contributed by atoms with Crippen LogP contribution in [-0.2, 0) is 4.79 Å². The Morgan fingerprint density at radius 3 is 2.47 bits per heavy atom. The van der Waals surface area contributed by atoms with E-state index in [0.717, 1.165) is 45.7 Å². The summed E-state index contributed by atoms with van der Waals surface area (Å²) in [6.07, 6.45) is 2.27. The van der Waals surface area contributed by atoms with Gasteiger partial charge in [0.1, 0.15) is 0 Å². The third-order valence-electron chi connectivity index (χ3n) is 3.12. The van der Waals surface area contributed by atoms with E-state index in [9.17, 15) is 4.79 Å². The van der Waals surface area contributed by atoms with Gasteiger partial charge in [0.2, 0.25) is 0 Å². The molecule has 1 rings (SSSR count). The molecule has 0 bridgehead atoms. The Bertz CT molecular complexity index is 234. The summed E-state index contributed by atoms with van der Waals surface area (Å²) in [7, 11) is 4.19.